The number of nitrogens with one attached hydrogen (secondary N) is 1. The zero-order chi connectivity index (χ0) is 13.3. The number of hydrogen-bond donors (Lipinski definition) is 2. The molecular weight excluding hydrogens is 258 g/mol. The molecule has 0 bridgehead atoms. The number of piperazine rings is 1. The van der Waals surface area contributed by atoms with E-state index in [0.29, 0.717) is 23.0 Å². The predicted octanol–water partition coefficient (Wildman–Crippen LogP) is 0.646. The standard InChI is InChI=1S/C10H13N3O4S/c1-6(14)8-4-7(13(16)17)10(18-8)12-3-2-11-9(15)5-12/h4,6,14H,2-3,5H2,1H3,(H,11,15)/t6-/m0/s1. The molecule has 1 amide bonds. The number of aliphatic hydroxyl groups is 1. The Kier molecular flexibility index (Phi) is 3.48. The van der Waals surface area contributed by atoms with E-state index in [2.05, 4.69) is 5.32 Å². The van der Waals surface area contributed by atoms with Gasteiger partial charge in [0.15, 0.2) is 5.00 Å². The smallest absolute Gasteiger partial charge is 0.304 e. The minimum absolute atomic E-state index is 0.0504. The highest BCUT2D eigenvalue weighted by molar-refractivity contribution is 7.16. The van der Waals surface area contributed by atoms with E-state index >= 15 is 0 Å². The molecule has 0 aliphatic carbocycles. The molecule has 0 radical (unpaired) electrons. The summed E-state index contributed by atoms with van der Waals surface area (Å²) in [5.41, 5.74) is -0.0504. The Morgan fingerprint density at radius 1 is 1.67 bits per heavy atom. The van der Waals surface area contributed by atoms with E-state index in [9.17, 15) is 20.0 Å². The summed E-state index contributed by atoms with van der Waals surface area (Å²) in [6.45, 7) is 2.67. The Labute approximate surface area is 107 Å². The van der Waals surface area contributed by atoms with Crippen LogP contribution in [0.3, 0.4) is 0 Å². The molecule has 1 atom stereocenters. The maximum Gasteiger partial charge on any atom is 0.304 e. The van der Waals surface area contributed by atoms with Gasteiger partial charge < -0.3 is 15.3 Å². The number of aliphatic hydroxyl groups excluding tert-OH is 1. The molecule has 18 heavy (non-hydrogen) atoms. The molecule has 1 aliphatic rings. The van der Waals surface area contributed by atoms with Crippen molar-refractivity contribution in [3.05, 3.63) is 21.1 Å². The molecule has 0 saturated carbocycles. The van der Waals surface area contributed by atoms with Gasteiger partial charge in [-0.3, -0.25) is 14.9 Å². The SMILES string of the molecule is C[C@H](O)c1cc([N+](=O)[O-])c(N2CCNC(=O)C2)s1. The minimum atomic E-state index is -0.749. The summed E-state index contributed by atoms with van der Waals surface area (Å²) in [4.78, 5) is 24.0. The second kappa shape index (κ2) is 4.91. The Morgan fingerprint density at radius 3 is 2.94 bits per heavy atom. The third kappa shape index (κ3) is 2.44. The molecule has 1 aromatic rings. The number of carbonyl (C=O) groups is 1. The van der Waals surface area contributed by atoms with Crippen molar-refractivity contribution in [2.75, 3.05) is 24.5 Å². The van der Waals surface area contributed by atoms with Crippen molar-refractivity contribution < 1.29 is 14.8 Å². The molecule has 98 valence electrons. The number of thiophene rings is 1. The van der Waals surface area contributed by atoms with Crippen LogP contribution < -0.4 is 10.2 Å². The molecule has 0 unspecified atom stereocenters. The van der Waals surface area contributed by atoms with Crippen molar-refractivity contribution in [1.29, 1.82) is 0 Å². The van der Waals surface area contributed by atoms with Gasteiger partial charge >= 0.3 is 5.69 Å². The summed E-state index contributed by atoms with van der Waals surface area (Å²) in [6.07, 6.45) is -0.749. The van der Waals surface area contributed by atoms with Crippen LogP contribution in [0, 0.1) is 10.1 Å². The summed E-state index contributed by atoms with van der Waals surface area (Å²) in [5.74, 6) is -0.150. The van der Waals surface area contributed by atoms with Crippen LogP contribution in [0.15, 0.2) is 6.07 Å². The van der Waals surface area contributed by atoms with Gasteiger partial charge in [0.05, 0.1) is 17.6 Å². The lowest BCUT2D eigenvalue weighted by Gasteiger charge is -2.26. The summed E-state index contributed by atoms with van der Waals surface area (Å²) in [7, 11) is 0. The molecule has 1 saturated heterocycles. The van der Waals surface area contributed by atoms with Gasteiger partial charge in [-0.2, -0.15) is 0 Å². The van der Waals surface area contributed by atoms with Gasteiger partial charge in [-0.15, -0.1) is 11.3 Å². The zero-order valence-corrected chi connectivity index (χ0v) is 10.6. The maximum atomic E-state index is 11.3. The second-order valence-electron chi connectivity index (χ2n) is 4.04. The Morgan fingerprint density at radius 2 is 2.39 bits per heavy atom. The van der Waals surface area contributed by atoms with Crippen LogP contribution in [0.2, 0.25) is 0 Å². The van der Waals surface area contributed by atoms with E-state index < -0.39 is 11.0 Å². The third-order valence-electron chi connectivity index (χ3n) is 2.65. The van der Waals surface area contributed by atoms with Crippen LogP contribution in [0.1, 0.15) is 17.9 Å². The average molecular weight is 271 g/mol. The van der Waals surface area contributed by atoms with E-state index in [1.165, 1.54) is 6.07 Å². The van der Waals surface area contributed by atoms with E-state index in [4.69, 9.17) is 0 Å². The van der Waals surface area contributed by atoms with Crippen LogP contribution in [-0.2, 0) is 4.79 Å². The van der Waals surface area contributed by atoms with Gasteiger partial charge in [0, 0.05) is 24.0 Å². The fourth-order valence-corrected chi connectivity index (χ4v) is 2.85. The second-order valence-corrected chi connectivity index (χ2v) is 5.11. The zero-order valence-electron chi connectivity index (χ0n) is 9.75. The van der Waals surface area contributed by atoms with Crippen molar-refractivity contribution in [3.8, 4) is 0 Å². The molecule has 0 spiro atoms. The summed E-state index contributed by atoms with van der Waals surface area (Å²) in [5, 5.41) is 23.6. The van der Waals surface area contributed by atoms with Crippen LogP contribution in [0.25, 0.3) is 0 Å². The number of hydrogen-bond acceptors (Lipinski definition) is 6. The van der Waals surface area contributed by atoms with Crippen molar-refractivity contribution in [2.45, 2.75) is 13.0 Å². The summed E-state index contributed by atoms with van der Waals surface area (Å²) < 4.78 is 0. The average Bonchev–Trinajstić information content (AvgIpc) is 2.73. The van der Waals surface area contributed by atoms with Crippen molar-refractivity contribution in [3.63, 3.8) is 0 Å². The molecule has 1 aliphatic heterocycles. The lowest BCUT2D eigenvalue weighted by molar-refractivity contribution is -0.383. The Hall–Kier alpha value is -1.67. The first-order valence-electron chi connectivity index (χ1n) is 5.47. The topological polar surface area (TPSA) is 95.7 Å². The summed E-state index contributed by atoms with van der Waals surface area (Å²) in [6, 6.07) is 1.37. The fraction of sp³-hybridized carbons (Fsp3) is 0.500. The van der Waals surface area contributed by atoms with Gasteiger partial charge in [-0.25, -0.2) is 0 Å². The van der Waals surface area contributed by atoms with Gasteiger partial charge in [0.2, 0.25) is 5.91 Å². The molecule has 1 aromatic heterocycles. The lowest BCUT2D eigenvalue weighted by Crippen LogP contribution is -2.47. The molecule has 8 heteroatoms. The van der Waals surface area contributed by atoms with E-state index in [0.717, 1.165) is 11.3 Å². The molecule has 2 rings (SSSR count). The highest BCUT2D eigenvalue weighted by Crippen LogP contribution is 2.40. The molecule has 7 nitrogen and oxygen atoms in total. The van der Waals surface area contributed by atoms with Gasteiger partial charge in [-0.1, -0.05) is 0 Å². The van der Waals surface area contributed by atoms with Gasteiger partial charge in [0.1, 0.15) is 0 Å². The first-order chi connectivity index (χ1) is 8.49. The number of carbonyl (C=O) groups excluding carboxylic acids is 1. The normalized spacial score (nSPS) is 17.4. The molecule has 1 fully saturated rings. The predicted molar refractivity (Wildman–Crippen MR) is 66.8 cm³/mol. The number of nitro groups is 1. The van der Waals surface area contributed by atoms with Crippen molar-refractivity contribution in [1.82, 2.24) is 5.32 Å². The number of amides is 1. The van der Waals surface area contributed by atoms with E-state index in [-0.39, 0.29) is 18.1 Å². The monoisotopic (exact) mass is 271 g/mol. The quantitative estimate of drug-likeness (QED) is 0.621. The largest absolute Gasteiger partial charge is 0.388 e. The molecule has 2 N–H and O–H groups in total. The number of anilines is 1. The van der Waals surface area contributed by atoms with E-state index in [1.54, 1.807) is 11.8 Å². The van der Waals surface area contributed by atoms with Gasteiger partial charge in [-0.05, 0) is 6.92 Å². The maximum absolute atomic E-state index is 11.3. The fourth-order valence-electron chi connectivity index (χ4n) is 1.77. The first-order valence-corrected chi connectivity index (χ1v) is 6.28. The van der Waals surface area contributed by atoms with Gasteiger partial charge in [0.25, 0.3) is 0 Å². The summed E-state index contributed by atoms with van der Waals surface area (Å²) >= 11 is 1.16. The van der Waals surface area contributed by atoms with Crippen molar-refractivity contribution in [2.24, 2.45) is 0 Å². The van der Waals surface area contributed by atoms with Crippen LogP contribution in [-0.4, -0.2) is 35.6 Å². The highest BCUT2D eigenvalue weighted by atomic mass is 32.1. The van der Waals surface area contributed by atoms with Crippen LogP contribution in [0.4, 0.5) is 10.7 Å². The van der Waals surface area contributed by atoms with Crippen LogP contribution >= 0.6 is 11.3 Å². The Bertz CT molecular complexity index is 485. The highest BCUT2D eigenvalue weighted by Gasteiger charge is 2.28. The number of nitrogens with zero attached hydrogens (tertiary/aromatic N) is 2. The first kappa shape index (κ1) is 12.8. The molecule has 2 heterocycles. The molecular formula is C10H13N3O4S. The minimum Gasteiger partial charge on any atom is -0.388 e. The third-order valence-corrected chi connectivity index (χ3v) is 4.00. The van der Waals surface area contributed by atoms with Crippen LogP contribution in [0.5, 0.6) is 0 Å². The molecule has 0 aromatic carbocycles. The number of rotatable bonds is 3. The Balaban J connectivity index is 2.35. The van der Waals surface area contributed by atoms with Crippen molar-refractivity contribution >= 4 is 27.9 Å². The van der Waals surface area contributed by atoms with E-state index in [1.807, 2.05) is 0 Å². The lowest BCUT2D eigenvalue weighted by atomic mass is 10.3.